The van der Waals surface area contributed by atoms with Gasteiger partial charge in [0.25, 0.3) is 0 Å². The van der Waals surface area contributed by atoms with E-state index in [1.54, 1.807) is 6.07 Å². The van der Waals surface area contributed by atoms with E-state index in [0.29, 0.717) is 0 Å². The second-order valence-electron chi connectivity index (χ2n) is 5.47. The van der Waals surface area contributed by atoms with Crippen LogP contribution in [0.4, 0.5) is 4.39 Å². The van der Waals surface area contributed by atoms with Crippen molar-refractivity contribution < 1.29 is 4.39 Å². The van der Waals surface area contributed by atoms with Crippen molar-refractivity contribution in [2.75, 3.05) is 26.7 Å². The third kappa shape index (κ3) is 4.01. The molecule has 106 valence electrons. The largest absolute Gasteiger partial charge is 0.317 e. The molecule has 1 aliphatic rings. The Balaban J connectivity index is 2.01. The van der Waals surface area contributed by atoms with Crippen molar-refractivity contribution in [3.63, 3.8) is 0 Å². The minimum Gasteiger partial charge on any atom is -0.317 e. The topological polar surface area (TPSA) is 15.3 Å². The maximum Gasteiger partial charge on any atom is 0.128 e. The Hall–Kier alpha value is -0.450. The van der Waals surface area contributed by atoms with E-state index in [1.807, 2.05) is 6.07 Å². The van der Waals surface area contributed by atoms with Gasteiger partial charge in [0.1, 0.15) is 5.82 Å². The Morgan fingerprint density at radius 2 is 2.11 bits per heavy atom. The van der Waals surface area contributed by atoms with E-state index < -0.39 is 0 Å². The smallest absolute Gasteiger partial charge is 0.128 e. The molecule has 0 radical (unpaired) electrons. The molecular formula is C15H22BrFN2. The van der Waals surface area contributed by atoms with Gasteiger partial charge >= 0.3 is 0 Å². The van der Waals surface area contributed by atoms with Crippen molar-refractivity contribution in [1.82, 2.24) is 10.2 Å². The molecule has 2 nitrogen and oxygen atoms in total. The highest BCUT2D eigenvalue weighted by Gasteiger charge is 2.20. The number of benzene rings is 1. The Labute approximate surface area is 123 Å². The minimum atomic E-state index is -0.118. The zero-order valence-corrected chi connectivity index (χ0v) is 13.2. The zero-order valence-electron chi connectivity index (χ0n) is 11.6. The fourth-order valence-corrected chi connectivity index (χ4v) is 3.08. The van der Waals surface area contributed by atoms with Gasteiger partial charge in [0.15, 0.2) is 0 Å². The highest BCUT2D eigenvalue weighted by molar-refractivity contribution is 9.10. The molecule has 0 aromatic heterocycles. The van der Waals surface area contributed by atoms with Crippen LogP contribution in [0.2, 0.25) is 0 Å². The molecule has 1 atom stereocenters. The van der Waals surface area contributed by atoms with Gasteiger partial charge in [-0.25, -0.2) is 4.39 Å². The van der Waals surface area contributed by atoms with Crippen molar-refractivity contribution in [3.8, 4) is 0 Å². The van der Waals surface area contributed by atoms with Crippen LogP contribution >= 0.6 is 15.9 Å². The third-order valence-electron chi connectivity index (χ3n) is 4.07. The highest BCUT2D eigenvalue weighted by atomic mass is 79.9. The second-order valence-corrected chi connectivity index (χ2v) is 6.39. The molecule has 1 heterocycles. The van der Waals surface area contributed by atoms with Crippen LogP contribution in [0.5, 0.6) is 0 Å². The lowest BCUT2D eigenvalue weighted by atomic mass is 9.96. The number of hydrogen-bond acceptors (Lipinski definition) is 2. The molecule has 1 N–H and O–H groups in total. The van der Waals surface area contributed by atoms with Gasteiger partial charge in [0, 0.05) is 22.6 Å². The Kier molecular flexibility index (Phi) is 5.37. The molecule has 2 rings (SSSR count). The van der Waals surface area contributed by atoms with Gasteiger partial charge in [-0.05, 0) is 64.0 Å². The SMILES string of the molecule is CC(c1cc(Br)ccc1F)N(C)CC1CCNCC1. The summed E-state index contributed by atoms with van der Waals surface area (Å²) in [6.45, 7) is 5.33. The molecule has 0 saturated carbocycles. The zero-order chi connectivity index (χ0) is 13.8. The molecule has 0 aliphatic carbocycles. The van der Waals surface area contributed by atoms with E-state index in [1.165, 1.54) is 18.9 Å². The summed E-state index contributed by atoms with van der Waals surface area (Å²) in [5.74, 6) is 0.608. The van der Waals surface area contributed by atoms with Crippen molar-refractivity contribution in [2.24, 2.45) is 5.92 Å². The molecule has 0 bridgehead atoms. The average Bonchev–Trinajstić information content (AvgIpc) is 2.42. The van der Waals surface area contributed by atoms with Crippen LogP contribution in [0.25, 0.3) is 0 Å². The number of hydrogen-bond donors (Lipinski definition) is 1. The summed E-state index contributed by atoms with van der Waals surface area (Å²) >= 11 is 3.42. The molecule has 1 saturated heterocycles. The molecular weight excluding hydrogens is 307 g/mol. The fraction of sp³-hybridized carbons (Fsp3) is 0.600. The van der Waals surface area contributed by atoms with Gasteiger partial charge < -0.3 is 5.32 Å². The van der Waals surface area contributed by atoms with E-state index in [2.05, 4.69) is 40.1 Å². The van der Waals surface area contributed by atoms with E-state index in [9.17, 15) is 4.39 Å². The van der Waals surface area contributed by atoms with Crippen molar-refractivity contribution >= 4 is 15.9 Å². The van der Waals surface area contributed by atoms with Gasteiger partial charge in [-0.15, -0.1) is 0 Å². The fourth-order valence-electron chi connectivity index (χ4n) is 2.70. The van der Waals surface area contributed by atoms with Crippen LogP contribution in [0.3, 0.4) is 0 Å². The van der Waals surface area contributed by atoms with Crippen LogP contribution in [-0.4, -0.2) is 31.6 Å². The summed E-state index contributed by atoms with van der Waals surface area (Å²) in [6, 6.07) is 5.28. The summed E-state index contributed by atoms with van der Waals surface area (Å²) in [6.07, 6.45) is 2.44. The molecule has 19 heavy (non-hydrogen) atoms. The first kappa shape index (κ1) is 14.9. The van der Waals surface area contributed by atoms with Crippen LogP contribution in [-0.2, 0) is 0 Å². The summed E-state index contributed by atoms with van der Waals surface area (Å²) in [7, 11) is 2.09. The maximum atomic E-state index is 13.9. The summed E-state index contributed by atoms with van der Waals surface area (Å²) in [4.78, 5) is 2.26. The second kappa shape index (κ2) is 6.82. The van der Waals surface area contributed by atoms with E-state index in [-0.39, 0.29) is 11.9 Å². The number of nitrogens with one attached hydrogen (secondary N) is 1. The standard InChI is InChI=1S/C15H22BrFN2/c1-11(14-9-13(16)3-4-15(14)17)19(2)10-12-5-7-18-8-6-12/h3-4,9,11-12,18H,5-8,10H2,1-2H3. The van der Waals surface area contributed by atoms with Gasteiger partial charge in [-0.2, -0.15) is 0 Å². The Morgan fingerprint density at radius 3 is 2.79 bits per heavy atom. The first-order valence-electron chi connectivity index (χ1n) is 6.94. The summed E-state index contributed by atoms with van der Waals surface area (Å²) in [5, 5.41) is 3.38. The van der Waals surface area contributed by atoms with E-state index in [0.717, 1.165) is 35.6 Å². The van der Waals surface area contributed by atoms with Crippen LogP contribution in [0.1, 0.15) is 31.4 Å². The molecule has 0 amide bonds. The van der Waals surface area contributed by atoms with Gasteiger partial charge in [-0.1, -0.05) is 15.9 Å². The molecule has 1 fully saturated rings. The van der Waals surface area contributed by atoms with Crippen LogP contribution in [0, 0.1) is 11.7 Å². The van der Waals surface area contributed by atoms with Crippen molar-refractivity contribution in [1.29, 1.82) is 0 Å². The Morgan fingerprint density at radius 1 is 1.42 bits per heavy atom. The lowest BCUT2D eigenvalue weighted by Crippen LogP contribution is -2.35. The lowest BCUT2D eigenvalue weighted by molar-refractivity contribution is 0.194. The van der Waals surface area contributed by atoms with Crippen LogP contribution in [0.15, 0.2) is 22.7 Å². The van der Waals surface area contributed by atoms with Crippen molar-refractivity contribution in [3.05, 3.63) is 34.1 Å². The Bertz CT molecular complexity index is 419. The predicted octanol–water partition coefficient (Wildman–Crippen LogP) is 3.58. The lowest BCUT2D eigenvalue weighted by Gasteiger charge is -2.31. The molecule has 1 aromatic carbocycles. The molecule has 0 spiro atoms. The van der Waals surface area contributed by atoms with Gasteiger partial charge in [0.05, 0.1) is 0 Å². The molecule has 4 heteroatoms. The number of halogens is 2. The van der Waals surface area contributed by atoms with Crippen LogP contribution < -0.4 is 5.32 Å². The van der Waals surface area contributed by atoms with Gasteiger partial charge in [0.2, 0.25) is 0 Å². The summed E-state index contributed by atoms with van der Waals surface area (Å²) in [5.41, 5.74) is 0.769. The molecule has 1 aliphatic heterocycles. The molecule has 1 aromatic rings. The third-order valence-corrected chi connectivity index (χ3v) is 4.57. The normalized spacial score (nSPS) is 18.8. The van der Waals surface area contributed by atoms with Crippen molar-refractivity contribution in [2.45, 2.75) is 25.8 Å². The number of piperidine rings is 1. The number of rotatable bonds is 4. The molecule has 1 unspecified atom stereocenters. The predicted molar refractivity (Wildman–Crippen MR) is 80.7 cm³/mol. The number of nitrogens with zero attached hydrogens (tertiary/aromatic N) is 1. The van der Waals surface area contributed by atoms with Gasteiger partial charge in [-0.3, -0.25) is 4.90 Å². The van der Waals surface area contributed by atoms with E-state index in [4.69, 9.17) is 0 Å². The van der Waals surface area contributed by atoms with E-state index >= 15 is 0 Å². The maximum absolute atomic E-state index is 13.9. The monoisotopic (exact) mass is 328 g/mol. The highest BCUT2D eigenvalue weighted by Crippen LogP contribution is 2.26. The minimum absolute atomic E-state index is 0.104. The average molecular weight is 329 g/mol. The summed E-state index contributed by atoms with van der Waals surface area (Å²) < 4.78 is 14.8. The quantitative estimate of drug-likeness (QED) is 0.908. The first-order chi connectivity index (χ1) is 9.08. The first-order valence-corrected chi connectivity index (χ1v) is 7.73.